The second kappa shape index (κ2) is 5.06. The molecule has 5 nitrogen and oxygen atoms in total. The molecule has 2 N–H and O–H groups in total. The maximum atomic E-state index is 12.1. The number of hydrogen-bond acceptors (Lipinski definition) is 4. The topological polar surface area (TPSA) is 79.3 Å². The van der Waals surface area contributed by atoms with Gasteiger partial charge in [-0.2, -0.15) is 0 Å². The highest BCUT2D eigenvalue weighted by atomic mass is 32.1. The van der Waals surface area contributed by atoms with Gasteiger partial charge in [-0.1, -0.05) is 19.3 Å². The number of hydrogen-bond donors (Lipinski definition) is 2. The Kier molecular flexibility index (Phi) is 3.65. The SMILES string of the molecule is Cc1ncsc1C(=O)NC1(C(=O)O)CCCCC1. The van der Waals surface area contributed by atoms with Crippen LogP contribution < -0.4 is 5.32 Å². The second-order valence-corrected chi connectivity index (χ2v) is 5.52. The molecule has 1 saturated carbocycles. The molecule has 0 aromatic carbocycles. The zero-order valence-corrected chi connectivity index (χ0v) is 11.0. The predicted molar refractivity (Wildman–Crippen MR) is 67.8 cm³/mol. The minimum Gasteiger partial charge on any atom is -0.480 e. The third kappa shape index (κ3) is 2.38. The van der Waals surface area contributed by atoms with Gasteiger partial charge in [-0.15, -0.1) is 11.3 Å². The lowest BCUT2D eigenvalue weighted by Gasteiger charge is -2.33. The number of aliphatic carboxylic acids is 1. The van der Waals surface area contributed by atoms with Gasteiger partial charge < -0.3 is 10.4 Å². The molecule has 0 radical (unpaired) electrons. The number of rotatable bonds is 3. The van der Waals surface area contributed by atoms with E-state index in [0.717, 1.165) is 19.3 Å². The molecule has 98 valence electrons. The fourth-order valence-corrected chi connectivity index (χ4v) is 3.04. The Bertz CT molecular complexity index is 464. The van der Waals surface area contributed by atoms with E-state index >= 15 is 0 Å². The molecular formula is C12H16N2O3S. The van der Waals surface area contributed by atoms with E-state index < -0.39 is 11.5 Å². The van der Waals surface area contributed by atoms with E-state index in [1.165, 1.54) is 11.3 Å². The Labute approximate surface area is 109 Å². The number of aromatic nitrogens is 1. The van der Waals surface area contributed by atoms with E-state index in [2.05, 4.69) is 10.3 Å². The molecule has 1 aliphatic rings. The quantitative estimate of drug-likeness (QED) is 0.878. The maximum Gasteiger partial charge on any atom is 0.329 e. The Morgan fingerprint density at radius 3 is 2.56 bits per heavy atom. The lowest BCUT2D eigenvalue weighted by molar-refractivity contribution is -0.145. The molecule has 6 heteroatoms. The first-order valence-corrected chi connectivity index (χ1v) is 6.89. The molecule has 1 amide bonds. The van der Waals surface area contributed by atoms with E-state index in [1.807, 2.05) is 0 Å². The number of nitrogens with zero attached hydrogens (tertiary/aromatic N) is 1. The van der Waals surface area contributed by atoms with Crippen molar-refractivity contribution in [1.82, 2.24) is 10.3 Å². The third-order valence-corrected chi connectivity index (χ3v) is 4.35. The first-order valence-electron chi connectivity index (χ1n) is 6.01. The number of carbonyl (C=O) groups excluding carboxylic acids is 1. The van der Waals surface area contributed by atoms with Crippen LogP contribution in [0.4, 0.5) is 0 Å². The van der Waals surface area contributed by atoms with Crippen LogP contribution in [0.3, 0.4) is 0 Å². The third-order valence-electron chi connectivity index (χ3n) is 3.42. The molecule has 1 fully saturated rings. The van der Waals surface area contributed by atoms with Crippen molar-refractivity contribution in [3.05, 3.63) is 16.1 Å². The normalized spacial score (nSPS) is 18.3. The lowest BCUT2D eigenvalue weighted by atomic mass is 9.81. The smallest absolute Gasteiger partial charge is 0.329 e. The number of carboxylic acids is 1. The van der Waals surface area contributed by atoms with Gasteiger partial charge in [0.05, 0.1) is 11.2 Å². The summed E-state index contributed by atoms with van der Waals surface area (Å²) in [6.45, 7) is 1.75. The van der Waals surface area contributed by atoms with Gasteiger partial charge in [0.1, 0.15) is 10.4 Å². The summed E-state index contributed by atoms with van der Waals surface area (Å²) in [4.78, 5) is 28.0. The number of thiazole rings is 1. The molecule has 0 atom stereocenters. The van der Waals surface area contributed by atoms with Crippen LogP contribution in [0, 0.1) is 6.92 Å². The summed E-state index contributed by atoms with van der Waals surface area (Å²) in [6, 6.07) is 0. The van der Waals surface area contributed by atoms with Gasteiger partial charge in [0.15, 0.2) is 0 Å². The number of carbonyl (C=O) groups is 2. The lowest BCUT2D eigenvalue weighted by Crippen LogP contribution is -2.55. The van der Waals surface area contributed by atoms with Crippen LogP contribution in [0.5, 0.6) is 0 Å². The molecule has 0 bridgehead atoms. The van der Waals surface area contributed by atoms with Crippen LogP contribution in [0.25, 0.3) is 0 Å². The van der Waals surface area contributed by atoms with Crippen molar-refractivity contribution in [1.29, 1.82) is 0 Å². The predicted octanol–water partition coefficient (Wildman–Crippen LogP) is 1.97. The van der Waals surface area contributed by atoms with Crippen molar-refractivity contribution in [3.8, 4) is 0 Å². The molecule has 18 heavy (non-hydrogen) atoms. The second-order valence-electron chi connectivity index (χ2n) is 4.67. The van der Waals surface area contributed by atoms with Crippen LogP contribution >= 0.6 is 11.3 Å². The van der Waals surface area contributed by atoms with E-state index in [-0.39, 0.29) is 5.91 Å². The number of amides is 1. The average Bonchev–Trinajstić information content (AvgIpc) is 2.76. The highest BCUT2D eigenvalue weighted by Gasteiger charge is 2.41. The molecule has 0 unspecified atom stereocenters. The van der Waals surface area contributed by atoms with E-state index in [0.29, 0.717) is 23.4 Å². The summed E-state index contributed by atoms with van der Waals surface area (Å²) in [5.74, 6) is -1.25. The first-order chi connectivity index (χ1) is 8.55. The van der Waals surface area contributed by atoms with E-state index in [1.54, 1.807) is 12.4 Å². The molecule has 2 rings (SSSR count). The van der Waals surface area contributed by atoms with Gasteiger partial charge in [0, 0.05) is 0 Å². The molecule has 1 heterocycles. The minimum atomic E-state index is -1.09. The average molecular weight is 268 g/mol. The number of carboxylic acid groups (broad SMARTS) is 1. The van der Waals surface area contributed by atoms with Crippen LogP contribution in [0.15, 0.2) is 5.51 Å². The van der Waals surface area contributed by atoms with E-state index in [4.69, 9.17) is 0 Å². The number of aryl methyl sites for hydroxylation is 1. The largest absolute Gasteiger partial charge is 0.480 e. The Morgan fingerprint density at radius 1 is 1.39 bits per heavy atom. The Balaban J connectivity index is 2.17. The summed E-state index contributed by atoms with van der Waals surface area (Å²) < 4.78 is 0. The van der Waals surface area contributed by atoms with Gasteiger partial charge >= 0.3 is 5.97 Å². The van der Waals surface area contributed by atoms with Crippen molar-refractivity contribution >= 4 is 23.2 Å². The molecule has 1 aromatic heterocycles. The highest BCUT2D eigenvalue weighted by molar-refractivity contribution is 7.11. The van der Waals surface area contributed by atoms with Gasteiger partial charge in [0.2, 0.25) is 0 Å². The summed E-state index contributed by atoms with van der Waals surface area (Å²) in [5, 5.41) is 12.1. The molecule has 0 saturated heterocycles. The van der Waals surface area contributed by atoms with Crippen LogP contribution in [-0.2, 0) is 4.79 Å². The van der Waals surface area contributed by atoms with Crippen molar-refractivity contribution in [2.75, 3.05) is 0 Å². The summed E-state index contributed by atoms with van der Waals surface area (Å²) in [5.41, 5.74) is 1.15. The molecule has 1 aromatic rings. The maximum absolute atomic E-state index is 12.1. The van der Waals surface area contributed by atoms with Crippen LogP contribution in [0.1, 0.15) is 47.5 Å². The standard InChI is InChI=1S/C12H16N2O3S/c1-8-9(18-7-13-8)10(15)14-12(11(16)17)5-3-2-4-6-12/h7H,2-6H2,1H3,(H,14,15)(H,16,17). The van der Waals surface area contributed by atoms with Gasteiger partial charge in [0.25, 0.3) is 5.91 Å². The fourth-order valence-electron chi connectivity index (χ4n) is 2.34. The van der Waals surface area contributed by atoms with Gasteiger partial charge in [-0.25, -0.2) is 9.78 Å². The Morgan fingerprint density at radius 2 is 2.06 bits per heavy atom. The first kappa shape index (κ1) is 13.0. The van der Waals surface area contributed by atoms with Gasteiger partial charge in [-0.05, 0) is 19.8 Å². The molecular weight excluding hydrogens is 252 g/mol. The van der Waals surface area contributed by atoms with Crippen LogP contribution in [-0.4, -0.2) is 27.5 Å². The van der Waals surface area contributed by atoms with Gasteiger partial charge in [-0.3, -0.25) is 4.79 Å². The highest BCUT2D eigenvalue weighted by Crippen LogP contribution is 2.29. The molecule has 0 spiro atoms. The van der Waals surface area contributed by atoms with Crippen molar-refractivity contribution < 1.29 is 14.7 Å². The van der Waals surface area contributed by atoms with E-state index in [9.17, 15) is 14.7 Å². The monoisotopic (exact) mass is 268 g/mol. The van der Waals surface area contributed by atoms with Crippen molar-refractivity contribution in [2.24, 2.45) is 0 Å². The van der Waals surface area contributed by atoms with Crippen LogP contribution in [0.2, 0.25) is 0 Å². The fraction of sp³-hybridized carbons (Fsp3) is 0.583. The van der Waals surface area contributed by atoms with Crippen molar-refractivity contribution in [3.63, 3.8) is 0 Å². The Hall–Kier alpha value is -1.43. The minimum absolute atomic E-state index is 0.320. The number of nitrogens with one attached hydrogen (secondary N) is 1. The summed E-state index contributed by atoms with van der Waals surface area (Å²) >= 11 is 1.24. The summed E-state index contributed by atoms with van der Waals surface area (Å²) in [6.07, 6.45) is 3.73. The van der Waals surface area contributed by atoms with Crippen molar-refractivity contribution in [2.45, 2.75) is 44.6 Å². The summed E-state index contributed by atoms with van der Waals surface area (Å²) in [7, 11) is 0. The zero-order valence-electron chi connectivity index (χ0n) is 10.2. The zero-order chi connectivity index (χ0) is 13.2. The molecule has 0 aliphatic heterocycles. The molecule has 1 aliphatic carbocycles.